The maximum atomic E-state index is 4.02. The molecule has 0 atom stereocenters. The smallest absolute Gasteiger partial charge is 0.203 e. The molecule has 0 aromatic heterocycles. The van der Waals surface area contributed by atoms with Crippen LogP contribution in [0.2, 0.25) is 0 Å². The molecule has 0 aromatic carbocycles. The lowest BCUT2D eigenvalue weighted by atomic mass is 10.1. The number of rotatable bonds is 0. The molecule has 0 amide bonds. The SMILES string of the molecule is C1CCC2(CNC1)N=N2.Cl. The number of nitrogens with one attached hydrogen (secondary N) is 1. The van der Waals surface area contributed by atoms with Gasteiger partial charge in [0.15, 0.2) is 0 Å². The van der Waals surface area contributed by atoms with Gasteiger partial charge in [-0.3, -0.25) is 0 Å². The summed E-state index contributed by atoms with van der Waals surface area (Å²) in [4.78, 5) is 0. The van der Waals surface area contributed by atoms with Crippen LogP contribution in [-0.4, -0.2) is 18.8 Å². The maximum absolute atomic E-state index is 4.02. The lowest BCUT2D eigenvalue weighted by Crippen LogP contribution is -2.26. The first kappa shape index (κ1) is 7.95. The number of nitrogens with zero attached hydrogens (tertiary/aromatic N) is 2. The maximum Gasteiger partial charge on any atom is 0.203 e. The van der Waals surface area contributed by atoms with E-state index in [9.17, 15) is 0 Å². The summed E-state index contributed by atoms with van der Waals surface area (Å²) in [7, 11) is 0. The van der Waals surface area contributed by atoms with Crippen molar-refractivity contribution in [2.24, 2.45) is 10.2 Å². The van der Waals surface area contributed by atoms with Crippen molar-refractivity contribution in [3.63, 3.8) is 0 Å². The predicted molar refractivity (Wildman–Crippen MR) is 41.6 cm³/mol. The lowest BCUT2D eigenvalue weighted by molar-refractivity contribution is 0.538. The molecule has 58 valence electrons. The van der Waals surface area contributed by atoms with E-state index in [2.05, 4.69) is 15.5 Å². The Labute approximate surface area is 66.7 Å². The van der Waals surface area contributed by atoms with Crippen molar-refractivity contribution in [2.45, 2.75) is 24.9 Å². The molecule has 0 aromatic rings. The van der Waals surface area contributed by atoms with Crippen LogP contribution in [0.1, 0.15) is 19.3 Å². The Morgan fingerprint density at radius 3 is 2.70 bits per heavy atom. The van der Waals surface area contributed by atoms with Crippen molar-refractivity contribution in [1.29, 1.82) is 0 Å². The van der Waals surface area contributed by atoms with Crippen LogP contribution in [0.25, 0.3) is 0 Å². The highest BCUT2D eigenvalue weighted by molar-refractivity contribution is 5.85. The summed E-state index contributed by atoms with van der Waals surface area (Å²) in [6.45, 7) is 2.12. The van der Waals surface area contributed by atoms with Gasteiger partial charge in [-0.2, -0.15) is 10.2 Å². The van der Waals surface area contributed by atoms with Crippen molar-refractivity contribution < 1.29 is 0 Å². The van der Waals surface area contributed by atoms with E-state index in [4.69, 9.17) is 0 Å². The van der Waals surface area contributed by atoms with Crippen LogP contribution < -0.4 is 5.32 Å². The molecule has 1 spiro atoms. The van der Waals surface area contributed by atoms with Gasteiger partial charge in [0.2, 0.25) is 5.66 Å². The summed E-state index contributed by atoms with van der Waals surface area (Å²) in [5.41, 5.74) is 0.0521. The van der Waals surface area contributed by atoms with Crippen LogP contribution in [0, 0.1) is 0 Å². The molecule has 0 aliphatic carbocycles. The topological polar surface area (TPSA) is 36.8 Å². The minimum atomic E-state index is 0. The standard InChI is InChI=1S/C6H11N3.ClH/c1-2-4-7-5-6(3-1)8-9-6;/h7H,1-5H2;1H. The quantitative estimate of drug-likeness (QED) is 0.572. The minimum absolute atomic E-state index is 0. The van der Waals surface area contributed by atoms with Crippen LogP contribution in [0.3, 0.4) is 0 Å². The van der Waals surface area contributed by atoms with Gasteiger partial charge in [-0.05, 0) is 25.8 Å². The van der Waals surface area contributed by atoms with Crippen molar-refractivity contribution in [3.05, 3.63) is 0 Å². The third-order valence-corrected chi connectivity index (χ3v) is 1.97. The second-order valence-electron chi connectivity index (χ2n) is 2.82. The number of hydrogen-bond donors (Lipinski definition) is 1. The molecular weight excluding hydrogens is 150 g/mol. The Morgan fingerprint density at radius 1 is 1.20 bits per heavy atom. The molecule has 4 heteroatoms. The Kier molecular flexibility index (Phi) is 2.26. The Balaban J connectivity index is 0.000000500. The van der Waals surface area contributed by atoms with Gasteiger partial charge in [0.25, 0.3) is 0 Å². The predicted octanol–water partition coefficient (Wildman–Crippen LogP) is 1.34. The first-order chi connectivity index (χ1) is 4.41. The molecule has 2 rings (SSSR count). The van der Waals surface area contributed by atoms with Gasteiger partial charge in [0.05, 0.1) is 0 Å². The fourth-order valence-electron chi connectivity index (χ4n) is 1.28. The van der Waals surface area contributed by atoms with Crippen LogP contribution in [0.15, 0.2) is 10.2 Å². The molecule has 0 saturated carbocycles. The number of hydrogen-bond acceptors (Lipinski definition) is 3. The van der Waals surface area contributed by atoms with E-state index in [0.717, 1.165) is 13.1 Å². The molecule has 0 unspecified atom stereocenters. The summed E-state index contributed by atoms with van der Waals surface area (Å²) in [5.74, 6) is 0. The second-order valence-corrected chi connectivity index (χ2v) is 2.82. The van der Waals surface area contributed by atoms with Crippen LogP contribution in [-0.2, 0) is 0 Å². The summed E-state index contributed by atoms with van der Waals surface area (Å²) in [5, 5.41) is 11.3. The van der Waals surface area contributed by atoms with Gasteiger partial charge in [-0.1, -0.05) is 0 Å². The lowest BCUT2D eigenvalue weighted by Gasteiger charge is -2.03. The van der Waals surface area contributed by atoms with Gasteiger partial charge in [-0.25, -0.2) is 0 Å². The summed E-state index contributed by atoms with van der Waals surface area (Å²) < 4.78 is 0. The molecule has 10 heavy (non-hydrogen) atoms. The number of halogens is 1. The zero-order valence-electron chi connectivity index (χ0n) is 5.84. The zero-order valence-corrected chi connectivity index (χ0v) is 6.65. The van der Waals surface area contributed by atoms with Crippen molar-refractivity contribution in [1.82, 2.24) is 5.32 Å². The van der Waals surface area contributed by atoms with Gasteiger partial charge in [-0.15, -0.1) is 12.4 Å². The highest BCUT2D eigenvalue weighted by Crippen LogP contribution is 2.33. The third kappa shape index (κ3) is 1.47. The molecule has 1 N–H and O–H groups in total. The van der Waals surface area contributed by atoms with Crippen molar-refractivity contribution >= 4 is 12.4 Å². The second kappa shape index (κ2) is 2.84. The summed E-state index contributed by atoms with van der Waals surface area (Å²) in [6.07, 6.45) is 3.73. The monoisotopic (exact) mass is 161 g/mol. The van der Waals surface area contributed by atoms with Crippen molar-refractivity contribution in [2.75, 3.05) is 13.1 Å². The molecule has 1 saturated heterocycles. The molecule has 0 bridgehead atoms. The fraction of sp³-hybridized carbons (Fsp3) is 1.00. The van der Waals surface area contributed by atoms with Crippen LogP contribution >= 0.6 is 12.4 Å². The van der Waals surface area contributed by atoms with E-state index in [-0.39, 0.29) is 18.1 Å². The van der Waals surface area contributed by atoms with Gasteiger partial charge < -0.3 is 5.32 Å². The Bertz CT molecular complexity index is 130. The average molecular weight is 162 g/mol. The van der Waals surface area contributed by atoms with Gasteiger partial charge >= 0.3 is 0 Å². The van der Waals surface area contributed by atoms with Crippen molar-refractivity contribution in [3.8, 4) is 0 Å². The Morgan fingerprint density at radius 2 is 2.00 bits per heavy atom. The molecule has 2 aliphatic rings. The Hall–Kier alpha value is -0.150. The van der Waals surface area contributed by atoms with Gasteiger partial charge in [0.1, 0.15) is 0 Å². The fourth-order valence-corrected chi connectivity index (χ4v) is 1.28. The first-order valence-electron chi connectivity index (χ1n) is 3.56. The molecule has 2 aliphatic heterocycles. The van der Waals surface area contributed by atoms with Crippen LogP contribution in [0.5, 0.6) is 0 Å². The average Bonchev–Trinajstić information content (AvgIpc) is 2.64. The van der Waals surface area contributed by atoms with E-state index in [1.165, 1.54) is 19.3 Å². The highest BCUT2D eigenvalue weighted by Gasteiger charge is 2.39. The van der Waals surface area contributed by atoms with E-state index in [0.29, 0.717) is 0 Å². The van der Waals surface area contributed by atoms with E-state index < -0.39 is 0 Å². The summed E-state index contributed by atoms with van der Waals surface area (Å²) >= 11 is 0. The summed E-state index contributed by atoms with van der Waals surface area (Å²) in [6, 6.07) is 0. The zero-order chi connectivity index (χ0) is 6.16. The largest absolute Gasteiger partial charge is 0.312 e. The molecular formula is C6H12ClN3. The van der Waals surface area contributed by atoms with Gasteiger partial charge in [0, 0.05) is 6.54 Å². The first-order valence-corrected chi connectivity index (χ1v) is 3.56. The molecule has 2 heterocycles. The molecule has 3 nitrogen and oxygen atoms in total. The van der Waals surface area contributed by atoms with E-state index in [1.807, 2.05) is 0 Å². The molecule has 0 radical (unpaired) electrons. The van der Waals surface area contributed by atoms with E-state index in [1.54, 1.807) is 0 Å². The third-order valence-electron chi connectivity index (χ3n) is 1.97. The van der Waals surface area contributed by atoms with E-state index >= 15 is 0 Å². The highest BCUT2D eigenvalue weighted by atomic mass is 35.5. The normalized spacial score (nSPS) is 27.2. The minimum Gasteiger partial charge on any atom is -0.312 e. The van der Waals surface area contributed by atoms with Crippen LogP contribution in [0.4, 0.5) is 0 Å². The molecule has 1 fully saturated rings.